The largest absolute Gasteiger partial charge is 0.225 e. The second-order valence-electron chi connectivity index (χ2n) is 5.04. The maximum Gasteiger partial charge on any atom is 0.215 e. The number of sulfonamides is 1. The zero-order chi connectivity index (χ0) is 14.0. The van der Waals surface area contributed by atoms with E-state index in [0.29, 0.717) is 24.7 Å². The van der Waals surface area contributed by atoms with Crippen LogP contribution in [0.25, 0.3) is 0 Å². The van der Waals surface area contributed by atoms with Gasteiger partial charge in [-0.15, -0.1) is 5.10 Å². The van der Waals surface area contributed by atoms with Crippen LogP contribution in [0.1, 0.15) is 64.4 Å². The van der Waals surface area contributed by atoms with Crippen molar-refractivity contribution in [3.05, 3.63) is 5.82 Å². The molecule has 0 bridgehead atoms. The van der Waals surface area contributed by atoms with E-state index in [2.05, 4.69) is 20.2 Å². The molecule has 0 spiro atoms. The van der Waals surface area contributed by atoms with E-state index in [9.17, 15) is 8.42 Å². The minimum atomic E-state index is -3.33. The second kappa shape index (κ2) is 5.54. The zero-order valence-electron chi connectivity index (χ0n) is 11.6. The van der Waals surface area contributed by atoms with Gasteiger partial charge in [0.2, 0.25) is 10.0 Å². The first kappa shape index (κ1) is 14.4. The van der Waals surface area contributed by atoms with Crippen LogP contribution in [-0.4, -0.2) is 33.9 Å². The van der Waals surface area contributed by atoms with Gasteiger partial charge in [0.25, 0.3) is 0 Å². The fraction of sp³-hybridized carbons (Fsp3) is 0.909. The van der Waals surface area contributed by atoms with Crippen molar-refractivity contribution in [1.82, 2.24) is 24.9 Å². The van der Waals surface area contributed by atoms with Crippen LogP contribution < -0.4 is 4.72 Å². The Balaban J connectivity index is 2.12. The highest BCUT2D eigenvalue weighted by atomic mass is 32.2. The van der Waals surface area contributed by atoms with E-state index in [-0.39, 0.29) is 5.25 Å². The van der Waals surface area contributed by atoms with Crippen molar-refractivity contribution in [3.63, 3.8) is 0 Å². The molecule has 0 amide bonds. The van der Waals surface area contributed by atoms with Gasteiger partial charge in [0, 0.05) is 0 Å². The Kier molecular flexibility index (Phi) is 4.19. The molecule has 0 saturated heterocycles. The Morgan fingerprint density at radius 3 is 2.53 bits per heavy atom. The molecule has 19 heavy (non-hydrogen) atoms. The lowest BCUT2D eigenvalue weighted by Gasteiger charge is -2.18. The Hall–Kier alpha value is -1.02. The zero-order valence-corrected chi connectivity index (χ0v) is 12.4. The van der Waals surface area contributed by atoms with Crippen molar-refractivity contribution in [2.45, 2.75) is 63.8 Å². The molecular weight excluding hydrogens is 266 g/mol. The van der Waals surface area contributed by atoms with Crippen molar-refractivity contribution in [2.24, 2.45) is 0 Å². The summed E-state index contributed by atoms with van der Waals surface area (Å²) in [4.78, 5) is 0. The lowest BCUT2D eigenvalue weighted by atomic mass is 10.3. The number of nitrogens with zero attached hydrogens (tertiary/aromatic N) is 4. The summed E-state index contributed by atoms with van der Waals surface area (Å²) in [6.45, 7) is 5.54. The summed E-state index contributed by atoms with van der Waals surface area (Å²) in [5, 5.41) is 11.2. The van der Waals surface area contributed by atoms with Gasteiger partial charge in [-0.25, -0.2) is 17.8 Å². The molecule has 108 valence electrons. The molecule has 0 aromatic carbocycles. The van der Waals surface area contributed by atoms with E-state index in [1.54, 1.807) is 11.6 Å². The third-order valence-electron chi connectivity index (χ3n) is 3.49. The molecule has 1 saturated carbocycles. The fourth-order valence-corrected chi connectivity index (χ4v) is 3.86. The van der Waals surface area contributed by atoms with Crippen LogP contribution in [0.3, 0.4) is 0 Å². The number of tetrazole rings is 1. The van der Waals surface area contributed by atoms with Gasteiger partial charge in [0.15, 0.2) is 5.82 Å². The molecule has 1 heterocycles. The first-order valence-electron chi connectivity index (χ1n) is 6.78. The average molecular weight is 287 g/mol. The Bertz CT molecular complexity index is 519. The molecule has 1 aliphatic carbocycles. The van der Waals surface area contributed by atoms with E-state index in [4.69, 9.17) is 0 Å². The number of hydrogen-bond donors (Lipinski definition) is 1. The number of aromatic nitrogens is 4. The lowest BCUT2D eigenvalue weighted by Crippen LogP contribution is -2.36. The highest BCUT2D eigenvalue weighted by Crippen LogP contribution is 2.35. The molecule has 0 radical (unpaired) electrons. The van der Waals surface area contributed by atoms with Crippen LogP contribution in [0, 0.1) is 0 Å². The average Bonchev–Trinajstić information content (AvgIpc) is 3.07. The van der Waals surface area contributed by atoms with E-state index in [1.165, 1.54) is 0 Å². The summed E-state index contributed by atoms with van der Waals surface area (Å²) in [6.07, 6.45) is 3.33. The van der Waals surface area contributed by atoms with Gasteiger partial charge in [-0.2, -0.15) is 0 Å². The van der Waals surface area contributed by atoms with Gasteiger partial charge in [0.1, 0.15) is 0 Å². The van der Waals surface area contributed by atoms with Crippen molar-refractivity contribution in [1.29, 1.82) is 0 Å². The molecular formula is C11H21N5O2S. The fourth-order valence-electron chi connectivity index (χ4n) is 2.19. The highest BCUT2D eigenvalue weighted by Gasteiger charge is 2.32. The quantitative estimate of drug-likeness (QED) is 0.813. The summed E-state index contributed by atoms with van der Waals surface area (Å²) in [5.74, 6) is 0.594. The van der Waals surface area contributed by atoms with Gasteiger partial charge in [0.05, 0.1) is 17.3 Å². The molecule has 1 atom stereocenters. The molecule has 7 nitrogen and oxygen atoms in total. The van der Waals surface area contributed by atoms with Crippen LogP contribution in [-0.2, 0) is 10.0 Å². The van der Waals surface area contributed by atoms with Gasteiger partial charge in [-0.3, -0.25) is 0 Å². The van der Waals surface area contributed by atoms with Crippen LogP contribution in [0.5, 0.6) is 0 Å². The monoisotopic (exact) mass is 287 g/mol. The molecule has 0 aliphatic heterocycles. The number of rotatable bonds is 7. The Morgan fingerprint density at radius 1 is 1.37 bits per heavy atom. The maximum atomic E-state index is 12.2. The smallest absolute Gasteiger partial charge is 0.215 e. The predicted octanol–water partition coefficient (Wildman–Crippen LogP) is 1.18. The Morgan fingerprint density at radius 2 is 2.00 bits per heavy atom. The Labute approximate surface area is 113 Å². The summed E-state index contributed by atoms with van der Waals surface area (Å²) < 4.78 is 28.8. The molecule has 1 aromatic heterocycles. The van der Waals surface area contributed by atoms with Gasteiger partial charge in [-0.1, -0.05) is 13.8 Å². The van der Waals surface area contributed by atoms with Crippen LogP contribution in [0.4, 0.5) is 0 Å². The summed E-state index contributed by atoms with van der Waals surface area (Å²) >= 11 is 0. The topological polar surface area (TPSA) is 89.8 Å². The van der Waals surface area contributed by atoms with E-state index in [0.717, 1.165) is 12.8 Å². The highest BCUT2D eigenvalue weighted by molar-refractivity contribution is 7.90. The third kappa shape index (κ3) is 3.11. The van der Waals surface area contributed by atoms with E-state index >= 15 is 0 Å². The molecule has 1 aliphatic rings. The van der Waals surface area contributed by atoms with E-state index < -0.39 is 16.1 Å². The first-order chi connectivity index (χ1) is 8.99. The summed E-state index contributed by atoms with van der Waals surface area (Å²) in [5.41, 5.74) is 0. The predicted molar refractivity (Wildman–Crippen MR) is 70.9 cm³/mol. The van der Waals surface area contributed by atoms with Gasteiger partial charge < -0.3 is 0 Å². The third-order valence-corrected chi connectivity index (χ3v) is 5.72. The van der Waals surface area contributed by atoms with Gasteiger partial charge in [-0.05, 0) is 43.0 Å². The van der Waals surface area contributed by atoms with Gasteiger partial charge >= 0.3 is 0 Å². The van der Waals surface area contributed by atoms with Crippen molar-refractivity contribution < 1.29 is 8.42 Å². The minimum absolute atomic E-state index is 0.338. The summed E-state index contributed by atoms with van der Waals surface area (Å²) in [7, 11) is -3.33. The van der Waals surface area contributed by atoms with Crippen molar-refractivity contribution >= 4 is 10.0 Å². The first-order valence-corrected chi connectivity index (χ1v) is 8.33. The molecule has 2 rings (SSSR count). The molecule has 1 N–H and O–H groups in total. The standard InChI is InChI=1S/C11H21N5O2S/c1-4-10(5-2)19(17,18)13-8(3)11-12-14-15-16(11)9-6-7-9/h8-10,13H,4-7H2,1-3H3. The minimum Gasteiger partial charge on any atom is -0.225 e. The van der Waals surface area contributed by atoms with Crippen LogP contribution >= 0.6 is 0 Å². The molecule has 1 aromatic rings. The van der Waals surface area contributed by atoms with Crippen molar-refractivity contribution in [3.8, 4) is 0 Å². The van der Waals surface area contributed by atoms with Crippen LogP contribution in [0.15, 0.2) is 0 Å². The van der Waals surface area contributed by atoms with E-state index in [1.807, 2.05) is 13.8 Å². The second-order valence-corrected chi connectivity index (χ2v) is 7.03. The maximum absolute atomic E-state index is 12.2. The number of nitrogens with one attached hydrogen (secondary N) is 1. The molecule has 1 unspecified atom stereocenters. The SMILES string of the molecule is CCC(CC)S(=O)(=O)NC(C)c1nnnn1C1CC1. The lowest BCUT2D eigenvalue weighted by molar-refractivity contribution is 0.512. The number of hydrogen-bond acceptors (Lipinski definition) is 5. The van der Waals surface area contributed by atoms with Crippen LogP contribution in [0.2, 0.25) is 0 Å². The normalized spacial score (nSPS) is 17.9. The molecule has 1 fully saturated rings. The molecule has 8 heteroatoms. The summed E-state index contributed by atoms with van der Waals surface area (Å²) in [6, 6.07) is -0.0636. The van der Waals surface area contributed by atoms with Crippen molar-refractivity contribution in [2.75, 3.05) is 0 Å².